The Labute approximate surface area is 129 Å². The number of aliphatic hydroxyl groups excluding tert-OH is 1. The number of hydrogen-bond acceptors (Lipinski definition) is 2. The lowest BCUT2D eigenvalue weighted by Gasteiger charge is -2.31. The third-order valence-electron chi connectivity index (χ3n) is 2.61. The van der Waals surface area contributed by atoms with E-state index in [1.54, 1.807) is 12.1 Å². The van der Waals surface area contributed by atoms with Gasteiger partial charge in [-0.05, 0) is 23.1 Å². The molecule has 0 saturated heterocycles. The predicted octanol–water partition coefficient (Wildman–Crippen LogP) is 4.48. The quantitative estimate of drug-likeness (QED) is 0.784. The van der Waals surface area contributed by atoms with Gasteiger partial charge in [0.2, 0.25) is 0 Å². The van der Waals surface area contributed by atoms with E-state index in [2.05, 4.69) is 0 Å². The van der Waals surface area contributed by atoms with Crippen LogP contribution in [-0.4, -0.2) is 11.2 Å². The van der Waals surface area contributed by atoms with E-state index in [0.717, 1.165) is 0 Å². The van der Waals surface area contributed by atoms with Crippen molar-refractivity contribution in [3.05, 3.63) is 32.8 Å². The minimum absolute atomic E-state index is 0. The van der Waals surface area contributed by atoms with Crippen LogP contribution in [0.2, 0.25) is 15.1 Å². The molecule has 0 unspecified atom stereocenters. The first kappa shape index (κ1) is 18.3. The van der Waals surface area contributed by atoms with Crippen LogP contribution in [0.4, 0.5) is 0 Å². The monoisotopic (exact) mass is 331 g/mol. The topological polar surface area (TPSA) is 46.2 Å². The van der Waals surface area contributed by atoms with Gasteiger partial charge in [0.25, 0.3) is 0 Å². The van der Waals surface area contributed by atoms with E-state index in [1.165, 1.54) is 0 Å². The van der Waals surface area contributed by atoms with Crippen LogP contribution in [0.1, 0.15) is 32.4 Å². The molecule has 0 fully saturated rings. The van der Waals surface area contributed by atoms with Gasteiger partial charge >= 0.3 is 0 Å². The predicted molar refractivity (Wildman–Crippen MR) is 81.1 cm³/mol. The van der Waals surface area contributed by atoms with Gasteiger partial charge in [0, 0.05) is 5.02 Å². The average molecular weight is 333 g/mol. The molecule has 0 aliphatic heterocycles. The lowest BCUT2D eigenvalue weighted by atomic mass is 9.82. The highest BCUT2D eigenvalue weighted by atomic mass is 35.5. The van der Waals surface area contributed by atoms with Gasteiger partial charge in [-0.3, -0.25) is 0 Å². The zero-order valence-electron chi connectivity index (χ0n) is 10.4. The van der Waals surface area contributed by atoms with E-state index in [-0.39, 0.29) is 17.8 Å². The molecule has 2 nitrogen and oxygen atoms in total. The van der Waals surface area contributed by atoms with Gasteiger partial charge in [-0.2, -0.15) is 0 Å². The zero-order chi connectivity index (χ0) is 13.4. The van der Waals surface area contributed by atoms with Crippen molar-refractivity contribution in [2.45, 2.75) is 32.9 Å². The Balaban J connectivity index is 0.00000289. The zero-order valence-corrected chi connectivity index (χ0v) is 13.5. The molecule has 0 aliphatic rings. The third-order valence-corrected chi connectivity index (χ3v) is 3.64. The smallest absolute Gasteiger partial charge is 0.0781 e. The molecule has 0 amide bonds. The Hall–Kier alpha value is 0.300. The number of rotatable bonds is 2. The molecule has 1 aromatic rings. The minimum Gasteiger partial charge on any atom is -0.391 e. The molecule has 0 radical (unpaired) electrons. The summed E-state index contributed by atoms with van der Waals surface area (Å²) in [5, 5.41) is 11.3. The van der Waals surface area contributed by atoms with Crippen molar-refractivity contribution in [3.8, 4) is 0 Å². The lowest BCUT2D eigenvalue weighted by molar-refractivity contribution is 0.0401. The van der Waals surface area contributed by atoms with Crippen molar-refractivity contribution in [2.75, 3.05) is 0 Å². The van der Waals surface area contributed by atoms with Gasteiger partial charge in [0.1, 0.15) is 0 Å². The highest BCUT2D eigenvalue weighted by Crippen LogP contribution is 2.36. The van der Waals surface area contributed by atoms with Crippen molar-refractivity contribution >= 4 is 47.2 Å². The fraction of sp³-hybridized carbons (Fsp3) is 0.500. The maximum absolute atomic E-state index is 10.1. The molecule has 0 spiro atoms. The Bertz CT molecular complexity index is 417. The third kappa shape index (κ3) is 4.16. The number of nitrogens with two attached hydrogens (primary N) is 1. The Morgan fingerprint density at radius 3 is 2.11 bits per heavy atom. The Kier molecular flexibility index (Phi) is 6.76. The molecule has 1 aromatic carbocycles. The second kappa shape index (κ2) is 6.65. The normalized spacial score (nSPS) is 14.9. The van der Waals surface area contributed by atoms with E-state index in [9.17, 15) is 5.11 Å². The van der Waals surface area contributed by atoms with Crippen LogP contribution in [0, 0.1) is 5.41 Å². The largest absolute Gasteiger partial charge is 0.391 e. The van der Waals surface area contributed by atoms with Crippen LogP contribution in [0.25, 0.3) is 0 Å². The van der Waals surface area contributed by atoms with Crippen molar-refractivity contribution in [1.29, 1.82) is 0 Å². The Morgan fingerprint density at radius 2 is 1.67 bits per heavy atom. The fourth-order valence-corrected chi connectivity index (χ4v) is 2.27. The van der Waals surface area contributed by atoms with Crippen LogP contribution >= 0.6 is 47.2 Å². The van der Waals surface area contributed by atoms with Crippen LogP contribution < -0.4 is 5.73 Å². The molecule has 2 atom stereocenters. The summed E-state index contributed by atoms with van der Waals surface area (Å²) in [4.78, 5) is 0. The SMILES string of the molecule is CC(C)(C)[C@@H](O)[C@@H](N)c1cc(Cl)cc(Cl)c1Cl.Cl. The minimum atomic E-state index is -0.741. The van der Waals surface area contributed by atoms with Crippen LogP contribution in [0.5, 0.6) is 0 Å². The summed E-state index contributed by atoms with van der Waals surface area (Å²) in [5.41, 5.74) is 6.22. The average Bonchev–Trinajstić information content (AvgIpc) is 2.20. The Morgan fingerprint density at radius 1 is 1.17 bits per heavy atom. The molecule has 104 valence electrons. The second-order valence-electron chi connectivity index (χ2n) is 5.13. The molecular formula is C12H17Cl4NO. The van der Waals surface area contributed by atoms with Gasteiger partial charge in [0.05, 0.1) is 22.2 Å². The molecule has 0 saturated carbocycles. The maximum Gasteiger partial charge on any atom is 0.0781 e. The number of aliphatic hydroxyl groups is 1. The summed E-state index contributed by atoms with van der Waals surface area (Å²) in [6.45, 7) is 5.70. The summed E-state index contributed by atoms with van der Waals surface area (Å²) in [5.74, 6) is 0. The highest BCUT2D eigenvalue weighted by Gasteiger charge is 2.30. The van der Waals surface area contributed by atoms with Gasteiger partial charge in [-0.1, -0.05) is 55.6 Å². The lowest BCUT2D eigenvalue weighted by Crippen LogP contribution is -2.37. The van der Waals surface area contributed by atoms with Gasteiger partial charge < -0.3 is 10.8 Å². The van der Waals surface area contributed by atoms with Gasteiger partial charge in [0.15, 0.2) is 0 Å². The molecule has 1 rings (SSSR count). The fourth-order valence-electron chi connectivity index (χ4n) is 1.53. The number of halogens is 4. The molecule has 18 heavy (non-hydrogen) atoms. The first-order chi connectivity index (χ1) is 7.64. The summed E-state index contributed by atoms with van der Waals surface area (Å²) in [7, 11) is 0. The van der Waals surface area contributed by atoms with E-state index < -0.39 is 12.1 Å². The summed E-state index contributed by atoms with van der Waals surface area (Å²) < 4.78 is 0. The summed E-state index contributed by atoms with van der Waals surface area (Å²) in [6.07, 6.45) is -0.741. The van der Waals surface area contributed by atoms with Crippen LogP contribution in [0.15, 0.2) is 12.1 Å². The van der Waals surface area contributed by atoms with Gasteiger partial charge in [-0.25, -0.2) is 0 Å². The molecule has 0 heterocycles. The van der Waals surface area contributed by atoms with Crippen molar-refractivity contribution in [2.24, 2.45) is 11.1 Å². The van der Waals surface area contributed by atoms with Crippen molar-refractivity contribution in [3.63, 3.8) is 0 Å². The van der Waals surface area contributed by atoms with Crippen molar-refractivity contribution < 1.29 is 5.11 Å². The summed E-state index contributed by atoms with van der Waals surface area (Å²) in [6, 6.07) is 2.55. The molecular weight excluding hydrogens is 316 g/mol. The first-order valence-corrected chi connectivity index (χ1v) is 6.36. The molecule has 0 bridgehead atoms. The van der Waals surface area contributed by atoms with E-state index >= 15 is 0 Å². The van der Waals surface area contributed by atoms with E-state index in [0.29, 0.717) is 20.6 Å². The molecule has 3 N–H and O–H groups in total. The van der Waals surface area contributed by atoms with Crippen molar-refractivity contribution in [1.82, 2.24) is 0 Å². The standard InChI is InChI=1S/C12H16Cl3NO.ClH/c1-12(2,3)11(17)10(16)7-4-6(13)5-8(14)9(7)15;/h4-5,10-11,17H,16H2,1-3H3;1H/t10-,11-;/m0./s1. The molecule has 6 heteroatoms. The molecule has 0 aliphatic carbocycles. The highest BCUT2D eigenvalue weighted by molar-refractivity contribution is 6.43. The molecule has 0 aromatic heterocycles. The van der Waals surface area contributed by atoms with E-state index in [1.807, 2.05) is 20.8 Å². The van der Waals surface area contributed by atoms with Crippen LogP contribution in [0.3, 0.4) is 0 Å². The second-order valence-corrected chi connectivity index (χ2v) is 6.35. The first-order valence-electron chi connectivity index (χ1n) is 5.22. The van der Waals surface area contributed by atoms with E-state index in [4.69, 9.17) is 40.5 Å². The number of benzene rings is 1. The van der Waals surface area contributed by atoms with Gasteiger partial charge in [-0.15, -0.1) is 12.4 Å². The number of hydrogen-bond donors (Lipinski definition) is 2. The van der Waals surface area contributed by atoms with Crippen LogP contribution in [-0.2, 0) is 0 Å². The maximum atomic E-state index is 10.1. The summed E-state index contributed by atoms with van der Waals surface area (Å²) >= 11 is 17.9.